The van der Waals surface area contributed by atoms with E-state index in [1.165, 1.54) is 77.0 Å². The monoisotopic (exact) mass is 483 g/mol. The van der Waals surface area contributed by atoms with E-state index < -0.39 is 6.10 Å². The topological polar surface area (TPSA) is 32.7 Å². The van der Waals surface area contributed by atoms with Gasteiger partial charge in [-0.05, 0) is 55.8 Å². The van der Waals surface area contributed by atoms with Gasteiger partial charge >= 0.3 is 0 Å². The Bertz CT molecular complexity index is 824. The molecule has 0 bridgehead atoms. The van der Waals surface area contributed by atoms with E-state index in [2.05, 4.69) is 30.9 Å². The van der Waals surface area contributed by atoms with Crippen LogP contribution in [0.25, 0.3) is 0 Å². The maximum Gasteiger partial charge on any atom is 0.141 e. The number of ether oxygens (including phenoxy) is 1. The van der Waals surface area contributed by atoms with Gasteiger partial charge in [0.1, 0.15) is 11.5 Å². The van der Waals surface area contributed by atoms with E-state index in [9.17, 15) is 5.11 Å². The van der Waals surface area contributed by atoms with Gasteiger partial charge in [0, 0.05) is 6.54 Å². The van der Waals surface area contributed by atoms with Crippen LogP contribution in [0.4, 0.5) is 0 Å². The molecule has 1 aliphatic rings. The molecule has 3 rings (SSSR count). The zero-order valence-corrected chi connectivity index (χ0v) is 22.3. The first-order valence-corrected chi connectivity index (χ1v) is 14.5. The fraction of sp³-hybridized carbons (Fsp3) is 0.600. The molecule has 0 unspecified atom stereocenters. The molecular formula is C30H45NO2S. The molecule has 1 heterocycles. The summed E-state index contributed by atoms with van der Waals surface area (Å²) in [5, 5.41) is 11.1. The zero-order valence-electron chi connectivity index (χ0n) is 21.4. The fourth-order valence-electron chi connectivity index (χ4n) is 4.63. The normalized spacial score (nSPS) is 13.4. The predicted octanol–water partition coefficient (Wildman–Crippen LogP) is 9.00. The highest BCUT2D eigenvalue weighted by atomic mass is 32.2. The fourth-order valence-corrected chi connectivity index (χ4v) is 5.63. The lowest BCUT2D eigenvalue weighted by Gasteiger charge is -2.26. The summed E-state index contributed by atoms with van der Waals surface area (Å²) in [6.07, 6.45) is 15.3. The van der Waals surface area contributed by atoms with Gasteiger partial charge in [0.25, 0.3) is 0 Å². The number of nitrogens with zero attached hydrogens (tertiary/aromatic N) is 1. The van der Waals surface area contributed by atoms with Crippen LogP contribution in [0.2, 0.25) is 0 Å². The molecule has 0 radical (unpaired) electrons. The van der Waals surface area contributed by atoms with Crippen molar-refractivity contribution < 1.29 is 9.84 Å². The molecule has 0 fully saturated rings. The van der Waals surface area contributed by atoms with Crippen molar-refractivity contribution in [3.8, 4) is 11.5 Å². The Morgan fingerprint density at radius 3 is 2.00 bits per heavy atom. The molecule has 0 spiro atoms. The average molecular weight is 484 g/mol. The number of hydrogen-bond donors (Lipinski definition) is 1. The summed E-state index contributed by atoms with van der Waals surface area (Å²) in [5.74, 6) is 1.80. The van der Waals surface area contributed by atoms with E-state index in [4.69, 9.17) is 4.74 Å². The van der Waals surface area contributed by atoms with Crippen LogP contribution in [0.15, 0.2) is 52.3 Å². The number of aliphatic hydroxyl groups is 1. The van der Waals surface area contributed by atoms with Crippen LogP contribution in [0, 0.1) is 0 Å². The number of hydrogen-bond acceptors (Lipinski definition) is 4. The van der Waals surface area contributed by atoms with Gasteiger partial charge in [-0.3, -0.25) is 0 Å². The molecule has 34 heavy (non-hydrogen) atoms. The highest BCUT2D eigenvalue weighted by Crippen LogP contribution is 2.47. The van der Waals surface area contributed by atoms with E-state index in [1.54, 1.807) is 11.8 Å². The third kappa shape index (κ3) is 8.94. The van der Waals surface area contributed by atoms with Crippen LogP contribution in [-0.4, -0.2) is 29.6 Å². The van der Waals surface area contributed by atoms with E-state index in [0.29, 0.717) is 6.54 Å². The molecule has 188 valence electrons. The molecule has 4 heteroatoms. The molecule has 3 nitrogen and oxygen atoms in total. The minimum atomic E-state index is -0.469. The molecule has 0 aromatic heterocycles. The molecule has 1 atom stereocenters. The standard InChI is InChI=1S/C30H45NO2S/c1-3-5-7-9-11-15-21-31(22-16-12-10-8-6-4-2)24-26(32)25-19-20-28-30(23-25)34-29-18-14-13-17-27(29)33-28/h13-14,17-20,23,26,32H,3-12,15-16,21-22,24H2,1-2H3/t26-/m1/s1. The van der Waals surface area contributed by atoms with Crippen molar-refractivity contribution >= 4 is 11.8 Å². The second-order valence-corrected chi connectivity index (χ2v) is 10.8. The first kappa shape index (κ1) is 27.1. The summed E-state index contributed by atoms with van der Waals surface area (Å²) in [5.41, 5.74) is 0.991. The summed E-state index contributed by atoms with van der Waals surface area (Å²) in [6.45, 7) is 7.44. The Kier molecular flexibility index (Phi) is 12.4. The SMILES string of the molecule is CCCCCCCCN(CCCCCCCC)C[C@@H](O)c1ccc2c(c1)Sc1ccccc1O2. The van der Waals surface area contributed by atoms with Crippen molar-refractivity contribution in [2.45, 2.75) is 107 Å². The minimum Gasteiger partial charge on any atom is -0.455 e. The van der Waals surface area contributed by atoms with E-state index in [0.717, 1.165) is 39.9 Å². The lowest BCUT2D eigenvalue weighted by molar-refractivity contribution is 0.110. The average Bonchev–Trinajstić information content (AvgIpc) is 2.86. The van der Waals surface area contributed by atoms with Gasteiger partial charge in [-0.2, -0.15) is 0 Å². The number of para-hydroxylation sites is 1. The van der Waals surface area contributed by atoms with Gasteiger partial charge in [0.05, 0.1) is 15.9 Å². The van der Waals surface area contributed by atoms with E-state index in [1.807, 2.05) is 30.3 Å². The minimum absolute atomic E-state index is 0.469. The lowest BCUT2D eigenvalue weighted by atomic mass is 10.1. The summed E-state index contributed by atoms with van der Waals surface area (Å²) in [6, 6.07) is 14.3. The Labute approximate surface area is 212 Å². The quantitative estimate of drug-likeness (QED) is 0.194. The molecule has 1 N–H and O–H groups in total. The summed E-state index contributed by atoms with van der Waals surface area (Å²) < 4.78 is 6.07. The predicted molar refractivity (Wildman–Crippen MR) is 145 cm³/mol. The Hall–Kier alpha value is -1.49. The molecular weight excluding hydrogens is 438 g/mol. The van der Waals surface area contributed by atoms with Gasteiger partial charge in [-0.25, -0.2) is 0 Å². The molecule has 0 saturated heterocycles. The summed E-state index contributed by atoms with van der Waals surface area (Å²) >= 11 is 1.73. The number of fused-ring (bicyclic) bond motifs is 2. The Balaban J connectivity index is 1.53. The maximum atomic E-state index is 11.1. The van der Waals surface area contributed by atoms with Crippen LogP contribution in [0.5, 0.6) is 11.5 Å². The third-order valence-corrected chi connectivity index (χ3v) is 7.82. The molecule has 0 amide bonds. The first-order chi connectivity index (χ1) is 16.7. The summed E-state index contributed by atoms with van der Waals surface area (Å²) in [4.78, 5) is 4.73. The Morgan fingerprint density at radius 2 is 1.32 bits per heavy atom. The number of aliphatic hydroxyl groups excluding tert-OH is 1. The third-order valence-electron chi connectivity index (χ3n) is 6.73. The van der Waals surface area contributed by atoms with Gasteiger partial charge < -0.3 is 14.7 Å². The smallest absolute Gasteiger partial charge is 0.141 e. The molecule has 2 aromatic carbocycles. The second-order valence-electron chi connectivity index (χ2n) is 9.71. The molecule has 0 saturated carbocycles. The van der Waals surface area contributed by atoms with Gasteiger partial charge in [0.2, 0.25) is 0 Å². The zero-order chi connectivity index (χ0) is 24.0. The van der Waals surface area contributed by atoms with Gasteiger partial charge in [-0.1, -0.05) is 108 Å². The van der Waals surface area contributed by atoms with Crippen LogP contribution < -0.4 is 4.74 Å². The van der Waals surface area contributed by atoms with Gasteiger partial charge in [0.15, 0.2) is 0 Å². The van der Waals surface area contributed by atoms with Crippen molar-refractivity contribution in [1.29, 1.82) is 0 Å². The highest BCUT2D eigenvalue weighted by molar-refractivity contribution is 7.99. The largest absolute Gasteiger partial charge is 0.455 e. The van der Waals surface area contributed by atoms with Crippen molar-refractivity contribution in [2.75, 3.05) is 19.6 Å². The van der Waals surface area contributed by atoms with E-state index in [-0.39, 0.29) is 0 Å². The summed E-state index contributed by atoms with van der Waals surface area (Å²) in [7, 11) is 0. The first-order valence-electron chi connectivity index (χ1n) is 13.7. The van der Waals surface area contributed by atoms with Crippen LogP contribution >= 0.6 is 11.8 Å². The molecule has 1 aliphatic heterocycles. The number of unbranched alkanes of at least 4 members (excludes halogenated alkanes) is 10. The van der Waals surface area contributed by atoms with Crippen molar-refractivity contribution in [1.82, 2.24) is 4.90 Å². The van der Waals surface area contributed by atoms with Crippen molar-refractivity contribution in [2.24, 2.45) is 0 Å². The lowest BCUT2D eigenvalue weighted by Crippen LogP contribution is -2.31. The van der Waals surface area contributed by atoms with E-state index >= 15 is 0 Å². The number of benzene rings is 2. The Morgan fingerprint density at radius 1 is 0.735 bits per heavy atom. The highest BCUT2D eigenvalue weighted by Gasteiger charge is 2.20. The van der Waals surface area contributed by atoms with Crippen LogP contribution in [0.3, 0.4) is 0 Å². The molecule has 0 aliphatic carbocycles. The van der Waals surface area contributed by atoms with Gasteiger partial charge in [-0.15, -0.1) is 0 Å². The van der Waals surface area contributed by atoms with Crippen LogP contribution in [-0.2, 0) is 0 Å². The number of rotatable bonds is 17. The maximum absolute atomic E-state index is 11.1. The molecule has 2 aromatic rings. The second kappa shape index (κ2) is 15.5. The van der Waals surface area contributed by atoms with Crippen LogP contribution in [0.1, 0.15) is 103 Å². The van der Waals surface area contributed by atoms with Crippen molar-refractivity contribution in [3.63, 3.8) is 0 Å². The van der Waals surface area contributed by atoms with Crippen molar-refractivity contribution in [3.05, 3.63) is 48.0 Å².